The summed E-state index contributed by atoms with van der Waals surface area (Å²) in [7, 11) is 0. The van der Waals surface area contributed by atoms with Gasteiger partial charge >= 0.3 is 11.9 Å². The van der Waals surface area contributed by atoms with Gasteiger partial charge in [-0.25, -0.2) is 9.59 Å². The number of ketones is 2. The van der Waals surface area contributed by atoms with Crippen LogP contribution in [0.15, 0.2) is 102 Å². The number of carboxylic acid groups (broad SMARTS) is 2. The summed E-state index contributed by atoms with van der Waals surface area (Å²) < 4.78 is 3.40. The van der Waals surface area contributed by atoms with Crippen LogP contribution in [-0.2, 0) is 19.2 Å². The highest BCUT2D eigenvalue weighted by molar-refractivity contribution is 7.21. The van der Waals surface area contributed by atoms with Gasteiger partial charge in [-0.1, -0.05) is 54.6 Å². The van der Waals surface area contributed by atoms with Gasteiger partial charge < -0.3 is 14.8 Å². The molecular formula is C32H19NO6S. The van der Waals surface area contributed by atoms with Crippen LogP contribution in [0.3, 0.4) is 0 Å². The monoisotopic (exact) mass is 545 g/mol. The van der Waals surface area contributed by atoms with Gasteiger partial charge in [0.05, 0.1) is 39.6 Å². The topological polar surface area (TPSA) is 114 Å². The van der Waals surface area contributed by atoms with E-state index in [1.54, 1.807) is 11.3 Å². The maximum atomic E-state index is 13.2. The van der Waals surface area contributed by atoms with E-state index in [0.29, 0.717) is 5.56 Å². The number of aromatic nitrogens is 1. The lowest BCUT2D eigenvalue weighted by Crippen LogP contribution is -2.24. The van der Waals surface area contributed by atoms with E-state index in [-0.39, 0.29) is 5.57 Å². The summed E-state index contributed by atoms with van der Waals surface area (Å²) in [6.07, 6.45) is 3.72. The van der Waals surface area contributed by atoms with Crippen molar-refractivity contribution in [3.05, 3.63) is 107 Å². The Labute approximate surface area is 230 Å². The Morgan fingerprint density at radius 2 is 1.38 bits per heavy atom. The van der Waals surface area contributed by atoms with Crippen molar-refractivity contribution in [3.8, 4) is 5.00 Å². The van der Waals surface area contributed by atoms with Gasteiger partial charge in [-0.05, 0) is 47.4 Å². The molecular weight excluding hydrogens is 526 g/mol. The van der Waals surface area contributed by atoms with Crippen molar-refractivity contribution in [2.45, 2.75) is 0 Å². The van der Waals surface area contributed by atoms with Crippen LogP contribution >= 0.6 is 11.3 Å². The Kier molecular flexibility index (Phi) is 5.23. The van der Waals surface area contributed by atoms with Crippen LogP contribution in [-0.4, -0.2) is 38.3 Å². The maximum absolute atomic E-state index is 13.2. The van der Waals surface area contributed by atoms with Crippen molar-refractivity contribution in [1.29, 1.82) is 0 Å². The number of benzene rings is 3. The average molecular weight is 546 g/mol. The quantitative estimate of drug-likeness (QED) is 0.218. The summed E-state index contributed by atoms with van der Waals surface area (Å²) >= 11 is 1.70. The lowest BCUT2D eigenvalue weighted by Gasteiger charge is -2.17. The van der Waals surface area contributed by atoms with Gasteiger partial charge in [-0.3, -0.25) is 9.59 Å². The van der Waals surface area contributed by atoms with Crippen molar-refractivity contribution in [2.24, 2.45) is 11.8 Å². The molecule has 0 radical (unpaired) electrons. The second-order valence-electron chi connectivity index (χ2n) is 9.86. The Hall–Kier alpha value is -5.08. The first-order valence-electron chi connectivity index (χ1n) is 12.5. The number of allylic oxidation sites excluding steroid dienone is 3. The first kappa shape index (κ1) is 24.0. The summed E-state index contributed by atoms with van der Waals surface area (Å²) in [6, 6.07) is 24.2. The highest BCUT2D eigenvalue weighted by atomic mass is 32.1. The number of aliphatic carboxylic acids is 2. The van der Waals surface area contributed by atoms with Crippen molar-refractivity contribution in [3.63, 3.8) is 0 Å². The predicted octanol–water partition coefficient (Wildman–Crippen LogP) is 5.80. The fraction of sp³-hybridized carbons (Fsp3) is 0.0625. The van der Waals surface area contributed by atoms with E-state index >= 15 is 0 Å². The van der Waals surface area contributed by atoms with Gasteiger partial charge in [0.2, 0.25) is 0 Å². The number of nitrogens with zero attached hydrogens (tertiary/aromatic N) is 1. The zero-order valence-corrected chi connectivity index (χ0v) is 21.5. The third kappa shape index (κ3) is 3.50. The number of carboxylic acids is 2. The van der Waals surface area contributed by atoms with Gasteiger partial charge in [0, 0.05) is 15.5 Å². The minimum absolute atomic E-state index is 0.0635. The molecule has 2 aromatic heterocycles. The summed E-state index contributed by atoms with van der Waals surface area (Å²) in [6.45, 7) is 0. The first-order chi connectivity index (χ1) is 19.3. The Morgan fingerprint density at radius 3 is 2.05 bits per heavy atom. The van der Waals surface area contributed by atoms with Gasteiger partial charge in [0.1, 0.15) is 5.00 Å². The van der Waals surface area contributed by atoms with Crippen LogP contribution in [0.1, 0.15) is 5.56 Å². The summed E-state index contributed by atoms with van der Waals surface area (Å²) in [5.74, 6) is -6.00. The first-order valence-corrected chi connectivity index (χ1v) is 13.4. The number of para-hydroxylation sites is 1. The molecule has 2 atom stereocenters. The van der Waals surface area contributed by atoms with Gasteiger partial charge in [-0.2, -0.15) is 0 Å². The molecule has 2 aliphatic carbocycles. The molecule has 0 aliphatic heterocycles. The molecule has 0 amide bonds. The number of rotatable bonds is 4. The fourth-order valence-electron chi connectivity index (χ4n) is 5.78. The van der Waals surface area contributed by atoms with Crippen molar-refractivity contribution >= 4 is 72.8 Å². The zero-order chi connectivity index (χ0) is 27.7. The average Bonchev–Trinajstić information content (AvgIpc) is 3.59. The predicted molar refractivity (Wildman–Crippen MR) is 153 cm³/mol. The van der Waals surface area contributed by atoms with Crippen molar-refractivity contribution < 1.29 is 29.4 Å². The van der Waals surface area contributed by atoms with Gasteiger partial charge in [0.25, 0.3) is 0 Å². The lowest BCUT2D eigenvalue weighted by molar-refractivity contribution is -0.136. The number of fused-ring (bicyclic) bond motifs is 5. The zero-order valence-electron chi connectivity index (χ0n) is 20.7. The second kappa shape index (κ2) is 8.72. The molecule has 2 heterocycles. The number of Topliss-reactive ketones (excluding diaryl/α,β-unsaturated/α-hetero) is 2. The largest absolute Gasteiger partial charge is 0.478 e. The minimum atomic E-state index is -1.45. The molecule has 8 heteroatoms. The summed E-state index contributed by atoms with van der Waals surface area (Å²) in [5, 5.41) is 23.1. The molecule has 0 saturated heterocycles. The lowest BCUT2D eigenvalue weighted by atomic mass is 9.83. The van der Waals surface area contributed by atoms with Crippen molar-refractivity contribution in [1.82, 2.24) is 4.57 Å². The molecule has 194 valence electrons. The van der Waals surface area contributed by atoms with E-state index in [9.17, 15) is 29.4 Å². The molecule has 2 unspecified atom stereocenters. The van der Waals surface area contributed by atoms with Crippen LogP contribution in [0.5, 0.6) is 0 Å². The van der Waals surface area contributed by atoms with Crippen LogP contribution in [0.25, 0.3) is 43.0 Å². The SMILES string of the molecule is O=C(O)C1=CC2C(=O)C(=Cc3ccc4c(c3)c3ccccc3n4-c3cc4ccccc4s3)C(=O)C2C=C1C(=O)O. The van der Waals surface area contributed by atoms with E-state index in [0.717, 1.165) is 44.3 Å². The smallest absolute Gasteiger partial charge is 0.336 e. The Balaban J connectivity index is 1.35. The highest BCUT2D eigenvalue weighted by Crippen LogP contribution is 2.40. The number of hydrogen-bond donors (Lipinski definition) is 2. The number of hydrogen-bond acceptors (Lipinski definition) is 5. The van der Waals surface area contributed by atoms with E-state index in [2.05, 4.69) is 28.8 Å². The van der Waals surface area contributed by atoms with E-state index in [1.165, 1.54) is 10.8 Å². The summed E-state index contributed by atoms with van der Waals surface area (Å²) in [5.41, 5.74) is 1.64. The number of carbonyl (C=O) groups excluding carboxylic acids is 2. The maximum Gasteiger partial charge on any atom is 0.336 e. The van der Waals surface area contributed by atoms with E-state index < -0.39 is 46.5 Å². The Bertz CT molecular complexity index is 1990. The highest BCUT2D eigenvalue weighted by Gasteiger charge is 2.47. The second-order valence-corrected chi connectivity index (χ2v) is 10.9. The third-order valence-electron chi connectivity index (χ3n) is 7.61. The van der Waals surface area contributed by atoms with E-state index in [4.69, 9.17) is 0 Å². The van der Waals surface area contributed by atoms with Gasteiger partial charge in [-0.15, -0.1) is 11.3 Å². The molecule has 40 heavy (non-hydrogen) atoms. The number of carbonyl (C=O) groups is 4. The molecule has 7 nitrogen and oxygen atoms in total. The molecule has 2 aliphatic rings. The van der Waals surface area contributed by atoms with Crippen LogP contribution in [0, 0.1) is 11.8 Å². The summed E-state index contributed by atoms with van der Waals surface area (Å²) in [4.78, 5) is 49.7. The van der Waals surface area contributed by atoms with Crippen LogP contribution < -0.4 is 0 Å². The van der Waals surface area contributed by atoms with Crippen LogP contribution in [0.4, 0.5) is 0 Å². The molecule has 1 fully saturated rings. The minimum Gasteiger partial charge on any atom is -0.478 e. The molecule has 1 saturated carbocycles. The molecule has 7 rings (SSSR count). The van der Waals surface area contributed by atoms with E-state index in [1.807, 2.05) is 48.5 Å². The number of thiophene rings is 1. The van der Waals surface area contributed by atoms with Gasteiger partial charge in [0.15, 0.2) is 11.6 Å². The standard InChI is InChI=1S/C32H19NO6S/c34-29-20-14-22(31(36)37)23(32(38)39)15-21(20)30(35)24(29)12-16-9-10-26-19(11-16)18-6-2-3-7-25(18)33(26)28-13-17-5-1-4-8-27(17)40-28/h1-15,20-21H,(H,36,37)(H,38,39). The molecule has 2 N–H and O–H groups in total. The normalized spacial score (nSPS) is 18.8. The fourth-order valence-corrected chi connectivity index (χ4v) is 6.87. The molecule has 5 aromatic rings. The molecule has 0 spiro atoms. The van der Waals surface area contributed by atoms with Crippen molar-refractivity contribution in [2.75, 3.05) is 0 Å². The van der Waals surface area contributed by atoms with Crippen LogP contribution in [0.2, 0.25) is 0 Å². The molecule has 3 aromatic carbocycles. The molecule has 0 bridgehead atoms. The third-order valence-corrected chi connectivity index (χ3v) is 8.71. The Morgan fingerprint density at radius 1 is 0.750 bits per heavy atom.